The van der Waals surface area contributed by atoms with Crippen molar-refractivity contribution in [1.29, 1.82) is 0 Å². The molecule has 1 aliphatic rings. The molecule has 1 fully saturated rings. The molecule has 0 saturated heterocycles. The van der Waals surface area contributed by atoms with E-state index in [-0.39, 0.29) is 0 Å². The summed E-state index contributed by atoms with van der Waals surface area (Å²) in [6.45, 7) is 2.95. The van der Waals surface area contributed by atoms with Crippen LogP contribution in [-0.4, -0.2) is 27.3 Å². The summed E-state index contributed by atoms with van der Waals surface area (Å²) >= 11 is 0. The van der Waals surface area contributed by atoms with E-state index in [9.17, 15) is 0 Å². The lowest BCUT2D eigenvalue weighted by Gasteiger charge is -2.31. The third kappa shape index (κ3) is 1.64. The van der Waals surface area contributed by atoms with Crippen LogP contribution in [0.3, 0.4) is 0 Å². The van der Waals surface area contributed by atoms with Crippen molar-refractivity contribution in [3.05, 3.63) is 5.82 Å². The van der Waals surface area contributed by atoms with E-state index in [2.05, 4.69) is 27.8 Å². The van der Waals surface area contributed by atoms with Gasteiger partial charge in [-0.3, -0.25) is 0 Å². The van der Waals surface area contributed by atoms with Crippen LogP contribution in [0.5, 0.6) is 0 Å². The molecule has 5 nitrogen and oxygen atoms in total. The normalized spacial score (nSPS) is 19.3. The van der Waals surface area contributed by atoms with Crippen LogP contribution < -0.4 is 5.32 Å². The molecule has 5 heteroatoms. The number of nitrogens with one attached hydrogen (secondary N) is 1. The molecule has 1 unspecified atom stereocenters. The minimum absolute atomic E-state index is 0.446. The van der Waals surface area contributed by atoms with Crippen LogP contribution >= 0.6 is 0 Å². The maximum atomic E-state index is 4.05. The van der Waals surface area contributed by atoms with Crippen LogP contribution in [-0.2, 0) is 6.54 Å². The molecule has 0 radical (unpaired) electrons. The summed E-state index contributed by atoms with van der Waals surface area (Å²) in [7, 11) is 1.91. The minimum atomic E-state index is 0.446. The van der Waals surface area contributed by atoms with Crippen molar-refractivity contribution >= 4 is 0 Å². The number of aromatic nitrogens is 4. The summed E-state index contributed by atoms with van der Waals surface area (Å²) in [6.07, 6.45) is 4.00. The van der Waals surface area contributed by atoms with Gasteiger partial charge in [0.2, 0.25) is 0 Å². The Labute approximate surface area is 83.9 Å². The van der Waals surface area contributed by atoms with Crippen LogP contribution in [0.2, 0.25) is 0 Å². The van der Waals surface area contributed by atoms with Gasteiger partial charge in [-0.1, -0.05) is 6.42 Å². The Hall–Kier alpha value is -0.970. The molecule has 14 heavy (non-hydrogen) atoms. The molecule has 1 heterocycles. The first kappa shape index (κ1) is 9.58. The second-order valence-electron chi connectivity index (χ2n) is 4.00. The molecule has 0 spiro atoms. The molecule has 0 amide bonds. The highest BCUT2D eigenvalue weighted by Crippen LogP contribution is 2.35. The lowest BCUT2D eigenvalue weighted by Crippen LogP contribution is -2.26. The largest absolute Gasteiger partial charge is 0.313 e. The van der Waals surface area contributed by atoms with E-state index >= 15 is 0 Å². The summed E-state index contributed by atoms with van der Waals surface area (Å²) in [5.41, 5.74) is 0. The van der Waals surface area contributed by atoms with E-state index in [1.54, 1.807) is 0 Å². The molecule has 1 N–H and O–H groups in total. The van der Waals surface area contributed by atoms with Crippen molar-refractivity contribution in [1.82, 2.24) is 25.5 Å². The Balaban J connectivity index is 2.09. The monoisotopic (exact) mass is 195 g/mol. The third-order valence-electron chi connectivity index (χ3n) is 3.11. The number of hydrogen-bond donors (Lipinski definition) is 1. The van der Waals surface area contributed by atoms with Gasteiger partial charge in [0.25, 0.3) is 0 Å². The van der Waals surface area contributed by atoms with E-state index in [0.29, 0.717) is 6.04 Å². The van der Waals surface area contributed by atoms with E-state index in [1.807, 2.05) is 11.7 Å². The Morgan fingerprint density at radius 1 is 1.57 bits per heavy atom. The van der Waals surface area contributed by atoms with Crippen LogP contribution in [0.1, 0.15) is 38.1 Å². The topological polar surface area (TPSA) is 55.6 Å². The quantitative estimate of drug-likeness (QED) is 0.770. The van der Waals surface area contributed by atoms with Gasteiger partial charge in [0.05, 0.1) is 12.6 Å². The van der Waals surface area contributed by atoms with Gasteiger partial charge in [-0.2, -0.15) is 0 Å². The molecular weight excluding hydrogens is 178 g/mol. The van der Waals surface area contributed by atoms with Crippen molar-refractivity contribution in [2.24, 2.45) is 5.92 Å². The predicted molar refractivity (Wildman–Crippen MR) is 52.6 cm³/mol. The second-order valence-corrected chi connectivity index (χ2v) is 4.00. The Bertz CT molecular complexity index is 291. The van der Waals surface area contributed by atoms with E-state index in [4.69, 9.17) is 0 Å². The average molecular weight is 195 g/mol. The Morgan fingerprint density at radius 3 is 2.93 bits per heavy atom. The summed E-state index contributed by atoms with van der Waals surface area (Å²) in [6, 6.07) is 0.446. The zero-order chi connectivity index (χ0) is 9.97. The van der Waals surface area contributed by atoms with Crippen molar-refractivity contribution < 1.29 is 0 Å². The number of hydrogen-bond acceptors (Lipinski definition) is 4. The molecule has 1 aromatic heterocycles. The second kappa shape index (κ2) is 4.04. The average Bonchev–Trinajstić information content (AvgIpc) is 2.49. The highest BCUT2D eigenvalue weighted by Gasteiger charge is 2.27. The molecule has 1 aromatic rings. The summed E-state index contributed by atoms with van der Waals surface area (Å²) < 4.78 is 1.96. The van der Waals surface area contributed by atoms with Gasteiger partial charge in [-0.15, -0.1) is 5.10 Å². The molecule has 0 aliphatic heterocycles. The van der Waals surface area contributed by atoms with Crippen molar-refractivity contribution in [2.45, 2.75) is 38.8 Å². The fraction of sp³-hybridized carbons (Fsp3) is 0.889. The van der Waals surface area contributed by atoms with E-state index < -0.39 is 0 Å². The molecule has 0 aromatic carbocycles. The first-order valence-electron chi connectivity index (χ1n) is 5.24. The molecule has 2 rings (SSSR count). The van der Waals surface area contributed by atoms with Gasteiger partial charge >= 0.3 is 0 Å². The van der Waals surface area contributed by atoms with Crippen molar-refractivity contribution in [3.8, 4) is 0 Å². The smallest absolute Gasteiger partial charge is 0.165 e. The molecule has 1 saturated carbocycles. The summed E-state index contributed by atoms with van der Waals surface area (Å²) in [5, 5.41) is 14.9. The minimum Gasteiger partial charge on any atom is -0.313 e. The van der Waals surface area contributed by atoms with Crippen molar-refractivity contribution in [3.63, 3.8) is 0 Å². The lowest BCUT2D eigenvalue weighted by atomic mass is 9.80. The Morgan fingerprint density at radius 2 is 2.36 bits per heavy atom. The fourth-order valence-electron chi connectivity index (χ4n) is 1.93. The zero-order valence-corrected chi connectivity index (χ0v) is 8.77. The van der Waals surface area contributed by atoms with Gasteiger partial charge in [-0.05, 0) is 43.2 Å². The van der Waals surface area contributed by atoms with Gasteiger partial charge < -0.3 is 5.32 Å². The van der Waals surface area contributed by atoms with E-state index in [1.165, 1.54) is 19.3 Å². The van der Waals surface area contributed by atoms with E-state index in [0.717, 1.165) is 18.3 Å². The fourth-order valence-corrected chi connectivity index (χ4v) is 1.93. The van der Waals surface area contributed by atoms with Crippen LogP contribution in [0, 0.1) is 5.92 Å². The summed E-state index contributed by atoms with van der Waals surface area (Å²) in [4.78, 5) is 0. The first-order chi connectivity index (χ1) is 6.83. The summed E-state index contributed by atoms with van der Waals surface area (Å²) in [5.74, 6) is 1.71. The first-order valence-corrected chi connectivity index (χ1v) is 5.24. The maximum Gasteiger partial charge on any atom is 0.165 e. The molecule has 1 atom stereocenters. The highest BCUT2D eigenvalue weighted by atomic mass is 15.6. The molecule has 0 bridgehead atoms. The van der Waals surface area contributed by atoms with Gasteiger partial charge in [-0.25, -0.2) is 4.68 Å². The maximum absolute atomic E-state index is 4.05. The predicted octanol–water partition coefficient (Wildman–Crippen LogP) is 0.754. The lowest BCUT2D eigenvalue weighted by molar-refractivity contribution is 0.204. The van der Waals surface area contributed by atoms with Gasteiger partial charge in [0.1, 0.15) is 0 Å². The standard InChI is InChI=1S/C9H17N5/c1-7(8-4-3-5-8)14-9(6-10-2)11-12-13-14/h7-8,10H,3-6H2,1-2H3. The van der Waals surface area contributed by atoms with Crippen LogP contribution in [0.15, 0.2) is 0 Å². The highest BCUT2D eigenvalue weighted by molar-refractivity contribution is 4.87. The van der Waals surface area contributed by atoms with Gasteiger partial charge in [0, 0.05) is 0 Å². The SMILES string of the molecule is CNCc1nnnn1C(C)C1CCC1. The van der Waals surface area contributed by atoms with Gasteiger partial charge in [0.15, 0.2) is 5.82 Å². The Kier molecular flexibility index (Phi) is 2.77. The molecule has 78 valence electrons. The zero-order valence-electron chi connectivity index (χ0n) is 8.77. The third-order valence-corrected chi connectivity index (χ3v) is 3.11. The molecular formula is C9H17N5. The number of tetrazole rings is 1. The van der Waals surface area contributed by atoms with Crippen LogP contribution in [0.25, 0.3) is 0 Å². The number of nitrogens with zero attached hydrogens (tertiary/aromatic N) is 4. The number of rotatable bonds is 4. The van der Waals surface area contributed by atoms with Crippen molar-refractivity contribution in [2.75, 3.05) is 7.05 Å². The van der Waals surface area contributed by atoms with Crippen LogP contribution in [0.4, 0.5) is 0 Å². The molecule has 1 aliphatic carbocycles.